The summed E-state index contributed by atoms with van der Waals surface area (Å²) in [5, 5.41) is 29.1. The molecule has 0 bridgehead atoms. The van der Waals surface area contributed by atoms with Gasteiger partial charge in [-0.15, -0.1) is 12.3 Å². The van der Waals surface area contributed by atoms with Gasteiger partial charge < -0.3 is 15.3 Å². The van der Waals surface area contributed by atoms with E-state index in [0.717, 1.165) is 16.7 Å². The van der Waals surface area contributed by atoms with Crippen LogP contribution in [0.3, 0.4) is 0 Å². The van der Waals surface area contributed by atoms with Crippen LogP contribution < -0.4 is 0 Å². The normalized spacial score (nSPS) is 11.7. The van der Waals surface area contributed by atoms with Crippen molar-refractivity contribution in [2.75, 3.05) is 0 Å². The number of rotatable bonds is 6. The van der Waals surface area contributed by atoms with E-state index in [1.807, 2.05) is 13.8 Å². The van der Waals surface area contributed by atoms with Gasteiger partial charge in [-0.2, -0.15) is 0 Å². The molecular weight excluding hydrogens is 316 g/mol. The molecule has 4 nitrogen and oxygen atoms in total. The van der Waals surface area contributed by atoms with Gasteiger partial charge in [-0.3, -0.25) is 4.79 Å². The first-order chi connectivity index (χ1) is 11.8. The van der Waals surface area contributed by atoms with Crippen LogP contribution in [0.1, 0.15) is 39.9 Å². The zero-order valence-electron chi connectivity index (χ0n) is 14.4. The van der Waals surface area contributed by atoms with Crippen LogP contribution in [0, 0.1) is 32.1 Å². The quantitative estimate of drug-likeness (QED) is 0.424. The molecule has 0 saturated heterocycles. The van der Waals surface area contributed by atoms with Gasteiger partial charge >= 0.3 is 0 Å². The second-order valence-corrected chi connectivity index (χ2v) is 6.38. The Hall–Kier alpha value is -2.93. The standard InChI is InChI=1S/C21H22O4/c1-4-5-15(10-16-6-7-18(22)21(25)12-16)11-20(24)17-8-13(2)14(3)9-19(17)23/h1,6-9,12,15,22-23,25H,5,10-11H2,2-3H3. The van der Waals surface area contributed by atoms with E-state index in [0.29, 0.717) is 18.4 Å². The van der Waals surface area contributed by atoms with Gasteiger partial charge in [-0.1, -0.05) is 6.07 Å². The van der Waals surface area contributed by atoms with E-state index in [9.17, 15) is 20.1 Å². The predicted molar refractivity (Wildman–Crippen MR) is 96.9 cm³/mol. The van der Waals surface area contributed by atoms with E-state index < -0.39 is 0 Å². The molecule has 0 amide bonds. The Kier molecular flexibility index (Phi) is 5.71. The van der Waals surface area contributed by atoms with Crippen molar-refractivity contribution in [3.05, 3.63) is 52.6 Å². The van der Waals surface area contributed by atoms with Crippen LogP contribution in [0.15, 0.2) is 30.3 Å². The first-order valence-corrected chi connectivity index (χ1v) is 8.09. The van der Waals surface area contributed by atoms with Crippen molar-refractivity contribution in [1.82, 2.24) is 0 Å². The van der Waals surface area contributed by atoms with E-state index in [2.05, 4.69) is 5.92 Å². The zero-order valence-corrected chi connectivity index (χ0v) is 14.4. The van der Waals surface area contributed by atoms with E-state index in [-0.39, 0.29) is 35.4 Å². The van der Waals surface area contributed by atoms with Crippen LogP contribution in [0.4, 0.5) is 0 Å². The van der Waals surface area contributed by atoms with Crippen molar-refractivity contribution in [1.29, 1.82) is 0 Å². The smallest absolute Gasteiger partial charge is 0.166 e. The Morgan fingerprint density at radius 1 is 1.04 bits per heavy atom. The van der Waals surface area contributed by atoms with Gasteiger partial charge in [-0.25, -0.2) is 0 Å². The number of terminal acetylenes is 1. The van der Waals surface area contributed by atoms with Crippen molar-refractivity contribution in [2.24, 2.45) is 5.92 Å². The van der Waals surface area contributed by atoms with Crippen molar-refractivity contribution >= 4 is 5.78 Å². The molecule has 0 spiro atoms. The lowest BCUT2D eigenvalue weighted by Crippen LogP contribution is -2.12. The summed E-state index contributed by atoms with van der Waals surface area (Å²) in [4.78, 5) is 12.6. The third kappa shape index (κ3) is 4.54. The molecular formula is C21H22O4. The summed E-state index contributed by atoms with van der Waals surface area (Å²) in [6, 6.07) is 7.87. The Bertz CT molecular complexity index is 831. The Labute approximate surface area is 147 Å². The number of hydrogen-bond acceptors (Lipinski definition) is 4. The number of aryl methyl sites for hydroxylation is 2. The molecule has 25 heavy (non-hydrogen) atoms. The molecule has 0 aliphatic rings. The highest BCUT2D eigenvalue weighted by Crippen LogP contribution is 2.29. The minimum atomic E-state index is -0.199. The molecule has 1 atom stereocenters. The van der Waals surface area contributed by atoms with Gasteiger partial charge in [0, 0.05) is 12.8 Å². The number of aromatic hydroxyl groups is 3. The number of ketones is 1. The molecule has 3 N–H and O–H groups in total. The number of phenols is 3. The number of hydrogen-bond donors (Lipinski definition) is 3. The first kappa shape index (κ1) is 18.4. The van der Waals surface area contributed by atoms with Crippen LogP contribution in [0.2, 0.25) is 0 Å². The predicted octanol–water partition coefficient (Wildman–Crippen LogP) is 3.88. The lowest BCUT2D eigenvalue weighted by atomic mass is 9.89. The van der Waals surface area contributed by atoms with Gasteiger partial charge in [0.2, 0.25) is 0 Å². The highest BCUT2D eigenvalue weighted by atomic mass is 16.3. The maximum absolute atomic E-state index is 12.6. The van der Waals surface area contributed by atoms with Crippen LogP contribution in [-0.4, -0.2) is 21.1 Å². The molecule has 2 rings (SSSR count). The summed E-state index contributed by atoms with van der Waals surface area (Å²) in [5.74, 6) is 1.89. The number of Topliss-reactive ketones (excluding diaryl/α,β-unsaturated/α-hetero) is 1. The molecule has 0 saturated carbocycles. The third-order valence-electron chi connectivity index (χ3n) is 4.36. The van der Waals surface area contributed by atoms with Gasteiger partial charge in [0.05, 0.1) is 5.56 Å². The summed E-state index contributed by atoms with van der Waals surface area (Å²) < 4.78 is 0. The fourth-order valence-electron chi connectivity index (χ4n) is 2.81. The fourth-order valence-corrected chi connectivity index (χ4v) is 2.81. The summed E-state index contributed by atoms with van der Waals surface area (Å²) in [6.45, 7) is 3.77. The van der Waals surface area contributed by atoms with Gasteiger partial charge in [0.25, 0.3) is 0 Å². The topological polar surface area (TPSA) is 77.8 Å². The minimum absolute atomic E-state index is 0.0187. The average Bonchev–Trinajstić information content (AvgIpc) is 2.54. The van der Waals surface area contributed by atoms with Crippen molar-refractivity contribution < 1.29 is 20.1 Å². The van der Waals surface area contributed by atoms with Crippen molar-refractivity contribution in [3.8, 4) is 29.6 Å². The first-order valence-electron chi connectivity index (χ1n) is 8.09. The van der Waals surface area contributed by atoms with E-state index in [4.69, 9.17) is 6.42 Å². The second kappa shape index (κ2) is 7.76. The summed E-state index contributed by atoms with van der Waals surface area (Å²) in [5.41, 5.74) is 2.96. The van der Waals surface area contributed by atoms with E-state index >= 15 is 0 Å². The molecule has 0 fully saturated rings. The number of carbonyl (C=O) groups is 1. The van der Waals surface area contributed by atoms with Crippen LogP contribution in [0.25, 0.3) is 0 Å². The van der Waals surface area contributed by atoms with E-state index in [1.54, 1.807) is 18.2 Å². The molecule has 0 radical (unpaired) electrons. The molecule has 0 aliphatic heterocycles. The molecule has 4 heteroatoms. The molecule has 2 aromatic carbocycles. The monoisotopic (exact) mass is 338 g/mol. The Morgan fingerprint density at radius 3 is 2.36 bits per heavy atom. The molecule has 0 aliphatic carbocycles. The molecule has 2 aromatic rings. The molecule has 0 aromatic heterocycles. The number of phenolic OH excluding ortho intramolecular Hbond substituents is 3. The van der Waals surface area contributed by atoms with Crippen molar-refractivity contribution in [3.63, 3.8) is 0 Å². The Balaban J connectivity index is 2.18. The van der Waals surface area contributed by atoms with Gasteiger partial charge in [-0.05, 0) is 67.1 Å². The van der Waals surface area contributed by atoms with Gasteiger partial charge in [0.15, 0.2) is 17.3 Å². The minimum Gasteiger partial charge on any atom is -0.507 e. The zero-order chi connectivity index (χ0) is 18.6. The summed E-state index contributed by atoms with van der Waals surface area (Å²) >= 11 is 0. The summed E-state index contributed by atoms with van der Waals surface area (Å²) in [7, 11) is 0. The molecule has 1 unspecified atom stereocenters. The van der Waals surface area contributed by atoms with E-state index in [1.165, 1.54) is 12.1 Å². The molecule has 0 heterocycles. The highest BCUT2D eigenvalue weighted by Gasteiger charge is 2.19. The van der Waals surface area contributed by atoms with Gasteiger partial charge in [0.1, 0.15) is 5.75 Å². The average molecular weight is 338 g/mol. The highest BCUT2D eigenvalue weighted by molar-refractivity contribution is 5.99. The third-order valence-corrected chi connectivity index (χ3v) is 4.36. The van der Waals surface area contributed by atoms with Crippen LogP contribution in [-0.2, 0) is 6.42 Å². The lowest BCUT2D eigenvalue weighted by molar-refractivity contribution is 0.0959. The molecule has 130 valence electrons. The second-order valence-electron chi connectivity index (χ2n) is 6.38. The number of benzene rings is 2. The van der Waals surface area contributed by atoms with Crippen LogP contribution in [0.5, 0.6) is 17.2 Å². The Morgan fingerprint density at radius 2 is 1.72 bits per heavy atom. The SMILES string of the molecule is C#CCC(CC(=O)c1cc(C)c(C)cc1O)Cc1ccc(O)c(O)c1. The fraction of sp³-hybridized carbons (Fsp3) is 0.286. The maximum atomic E-state index is 12.6. The lowest BCUT2D eigenvalue weighted by Gasteiger charge is -2.15. The maximum Gasteiger partial charge on any atom is 0.166 e. The van der Waals surface area contributed by atoms with Crippen LogP contribution >= 0.6 is 0 Å². The largest absolute Gasteiger partial charge is 0.507 e. The number of carbonyl (C=O) groups excluding carboxylic acids is 1. The van der Waals surface area contributed by atoms with Crippen molar-refractivity contribution in [2.45, 2.75) is 33.1 Å². The summed E-state index contributed by atoms with van der Waals surface area (Å²) in [6.07, 6.45) is 6.52.